The monoisotopic (exact) mass is 300 g/mol. The molecule has 17 heavy (non-hydrogen) atoms. The van der Waals surface area contributed by atoms with Crippen LogP contribution in [0.25, 0.3) is 0 Å². The number of alkyl halides is 1. The number of benzene rings is 1. The third-order valence-electron chi connectivity index (χ3n) is 2.17. The van der Waals surface area contributed by atoms with Gasteiger partial charge in [-0.3, -0.25) is 14.9 Å². The zero-order valence-electron chi connectivity index (χ0n) is 9.35. The molecule has 0 saturated heterocycles. The first-order valence-electron chi connectivity index (χ1n) is 5.18. The number of nitrogens with one attached hydrogen (secondary N) is 1. The Morgan fingerprint density at radius 2 is 2.18 bits per heavy atom. The van der Waals surface area contributed by atoms with E-state index in [2.05, 4.69) is 21.2 Å². The Balaban J connectivity index is 2.72. The molecule has 1 rings (SSSR count). The van der Waals surface area contributed by atoms with E-state index in [0.717, 1.165) is 6.42 Å². The summed E-state index contributed by atoms with van der Waals surface area (Å²) >= 11 is 3.36. The molecule has 1 N–H and O–H groups in total. The van der Waals surface area contributed by atoms with Crippen molar-refractivity contribution in [1.82, 2.24) is 5.32 Å². The van der Waals surface area contributed by atoms with E-state index in [1.807, 2.05) is 6.92 Å². The van der Waals surface area contributed by atoms with Crippen molar-refractivity contribution < 1.29 is 9.72 Å². The lowest BCUT2D eigenvalue weighted by Crippen LogP contribution is -2.26. The Kier molecular flexibility index (Phi) is 5.09. The van der Waals surface area contributed by atoms with Gasteiger partial charge in [0.25, 0.3) is 11.6 Å². The van der Waals surface area contributed by atoms with Gasteiger partial charge in [0.1, 0.15) is 5.56 Å². The van der Waals surface area contributed by atoms with E-state index in [9.17, 15) is 14.9 Å². The Bertz CT molecular complexity index is 421. The molecule has 0 aromatic heterocycles. The molecular weight excluding hydrogens is 288 g/mol. The van der Waals surface area contributed by atoms with Crippen LogP contribution in [0.1, 0.15) is 23.7 Å². The zero-order valence-corrected chi connectivity index (χ0v) is 10.9. The number of amides is 1. The third kappa shape index (κ3) is 4.14. The second kappa shape index (κ2) is 6.34. The molecule has 1 aromatic carbocycles. The normalized spacial score (nSPS) is 11.9. The molecule has 5 nitrogen and oxygen atoms in total. The Morgan fingerprint density at radius 3 is 2.76 bits per heavy atom. The van der Waals surface area contributed by atoms with E-state index in [4.69, 9.17) is 0 Å². The number of para-hydroxylation sites is 1. The topological polar surface area (TPSA) is 72.2 Å². The molecule has 0 aliphatic heterocycles. The fourth-order valence-corrected chi connectivity index (χ4v) is 1.53. The molecule has 1 unspecified atom stereocenters. The van der Waals surface area contributed by atoms with Gasteiger partial charge in [0.2, 0.25) is 0 Å². The average Bonchev–Trinajstić information content (AvgIpc) is 2.28. The quantitative estimate of drug-likeness (QED) is 0.516. The van der Waals surface area contributed by atoms with E-state index >= 15 is 0 Å². The molecule has 0 spiro atoms. The molecule has 0 aliphatic rings. The minimum absolute atomic E-state index is 0.0970. The van der Waals surface area contributed by atoms with Crippen LogP contribution < -0.4 is 5.32 Å². The lowest BCUT2D eigenvalue weighted by molar-refractivity contribution is -0.385. The Labute approximate surface area is 107 Å². The fraction of sp³-hybridized carbons (Fsp3) is 0.364. The molecule has 1 aromatic rings. The molecule has 6 heteroatoms. The lowest BCUT2D eigenvalue weighted by atomic mass is 10.1. The molecule has 0 fully saturated rings. The fourth-order valence-electron chi connectivity index (χ4n) is 1.30. The number of nitro groups is 1. The summed E-state index contributed by atoms with van der Waals surface area (Å²) in [5.41, 5.74) is -0.0726. The predicted octanol–water partition coefficient (Wildman–Crippen LogP) is 2.50. The summed E-state index contributed by atoms with van der Waals surface area (Å²) < 4.78 is 0. The van der Waals surface area contributed by atoms with Gasteiger partial charge >= 0.3 is 0 Å². The number of rotatable bonds is 5. The molecule has 0 heterocycles. The van der Waals surface area contributed by atoms with Crippen LogP contribution in [-0.4, -0.2) is 22.2 Å². The van der Waals surface area contributed by atoms with E-state index < -0.39 is 10.8 Å². The summed E-state index contributed by atoms with van der Waals surface area (Å²) in [6, 6.07) is 5.91. The van der Waals surface area contributed by atoms with Gasteiger partial charge in [-0.2, -0.15) is 0 Å². The van der Waals surface area contributed by atoms with E-state index in [0.29, 0.717) is 11.4 Å². The minimum atomic E-state index is -0.554. The minimum Gasteiger partial charge on any atom is -0.352 e. The van der Waals surface area contributed by atoms with Crippen molar-refractivity contribution in [3.8, 4) is 0 Å². The zero-order chi connectivity index (χ0) is 12.8. The highest BCUT2D eigenvalue weighted by Gasteiger charge is 2.18. The first-order chi connectivity index (χ1) is 8.02. The van der Waals surface area contributed by atoms with Crippen LogP contribution in [0.3, 0.4) is 0 Å². The second-order valence-electron chi connectivity index (χ2n) is 3.60. The van der Waals surface area contributed by atoms with Crippen molar-refractivity contribution in [1.29, 1.82) is 0 Å². The van der Waals surface area contributed by atoms with Crippen molar-refractivity contribution in [2.45, 2.75) is 18.2 Å². The van der Waals surface area contributed by atoms with Gasteiger partial charge in [-0.15, -0.1) is 0 Å². The highest BCUT2D eigenvalue weighted by Crippen LogP contribution is 2.17. The van der Waals surface area contributed by atoms with Crippen LogP contribution in [0.15, 0.2) is 24.3 Å². The number of halogens is 1. The average molecular weight is 301 g/mol. The van der Waals surface area contributed by atoms with Crippen molar-refractivity contribution in [3.05, 3.63) is 39.9 Å². The van der Waals surface area contributed by atoms with Gasteiger partial charge in [0.15, 0.2) is 0 Å². The van der Waals surface area contributed by atoms with Gasteiger partial charge in [-0.1, -0.05) is 35.0 Å². The first-order valence-corrected chi connectivity index (χ1v) is 6.09. The smallest absolute Gasteiger partial charge is 0.282 e. The summed E-state index contributed by atoms with van der Waals surface area (Å²) in [6.45, 7) is 2.45. The highest BCUT2D eigenvalue weighted by molar-refractivity contribution is 9.09. The molecule has 0 aliphatic carbocycles. The standard InChI is InChI=1S/C11H13BrN2O3/c1-8(12)6-7-13-11(15)9-4-2-3-5-10(9)14(16)17/h2-5,8H,6-7H2,1H3,(H,13,15). The molecule has 0 bridgehead atoms. The summed E-state index contributed by atoms with van der Waals surface area (Å²) in [7, 11) is 0. The van der Waals surface area contributed by atoms with Crippen LogP contribution in [-0.2, 0) is 0 Å². The Morgan fingerprint density at radius 1 is 1.53 bits per heavy atom. The largest absolute Gasteiger partial charge is 0.352 e. The van der Waals surface area contributed by atoms with Crippen molar-refractivity contribution in [2.24, 2.45) is 0 Å². The second-order valence-corrected chi connectivity index (χ2v) is 5.16. The molecule has 1 amide bonds. The molecular formula is C11H13BrN2O3. The third-order valence-corrected chi connectivity index (χ3v) is 2.63. The number of carbonyl (C=O) groups is 1. The van der Waals surface area contributed by atoms with Crippen molar-refractivity contribution >= 4 is 27.5 Å². The van der Waals surface area contributed by atoms with Gasteiger partial charge in [0, 0.05) is 17.4 Å². The molecule has 0 saturated carbocycles. The van der Waals surface area contributed by atoms with Crippen LogP contribution in [0.2, 0.25) is 0 Å². The van der Waals surface area contributed by atoms with Crippen LogP contribution in [0.5, 0.6) is 0 Å². The van der Waals surface area contributed by atoms with Gasteiger partial charge in [-0.05, 0) is 12.5 Å². The van der Waals surface area contributed by atoms with Crippen molar-refractivity contribution in [2.75, 3.05) is 6.54 Å². The number of hydrogen-bond acceptors (Lipinski definition) is 3. The molecule has 1 atom stereocenters. The molecule has 92 valence electrons. The van der Waals surface area contributed by atoms with Crippen LogP contribution >= 0.6 is 15.9 Å². The highest BCUT2D eigenvalue weighted by atomic mass is 79.9. The maximum atomic E-state index is 11.7. The SMILES string of the molecule is CC(Br)CCNC(=O)c1ccccc1[N+](=O)[O-]. The number of carbonyl (C=O) groups excluding carboxylic acids is 1. The summed E-state index contributed by atoms with van der Waals surface area (Å²) in [4.78, 5) is 22.2. The van der Waals surface area contributed by atoms with Crippen molar-refractivity contribution in [3.63, 3.8) is 0 Å². The first kappa shape index (κ1) is 13.6. The summed E-state index contributed by atoms with van der Waals surface area (Å²) in [5.74, 6) is -0.412. The Hall–Kier alpha value is -1.43. The number of hydrogen-bond donors (Lipinski definition) is 1. The summed E-state index contributed by atoms with van der Waals surface area (Å²) in [6.07, 6.45) is 0.770. The lowest BCUT2D eigenvalue weighted by Gasteiger charge is -2.06. The van der Waals surface area contributed by atoms with E-state index in [-0.39, 0.29) is 11.3 Å². The van der Waals surface area contributed by atoms with Gasteiger partial charge in [0.05, 0.1) is 4.92 Å². The number of nitrogens with zero attached hydrogens (tertiary/aromatic N) is 1. The molecule has 0 radical (unpaired) electrons. The van der Waals surface area contributed by atoms with Crippen LogP contribution in [0, 0.1) is 10.1 Å². The maximum Gasteiger partial charge on any atom is 0.282 e. The van der Waals surface area contributed by atoms with Gasteiger partial charge < -0.3 is 5.32 Å². The number of nitro benzene ring substituents is 1. The predicted molar refractivity (Wildman–Crippen MR) is 68.4 cm³/mol. The van der Waals surface area contributed by atoms with E-state index in [1.54, 1.807) is 6.07 Å². The maximum absolute atomic E-state index is 11.7. The van der Waals surface area contributed by atoms with Gasteiger partial charge in [-0.25, -0.2) is 0 Å². The van der Waals surface area contributed by atoms with Crippen LogP contribution in [0.4, 0.5) is 5.69 Å². The van der Waals surface area contributed by atoms with E-state index in [1.165, 1.54) is 18.2 Å². The summed E-state index contributed by atoms with van der Waals surface area (Å²) in [5, 5.41) is 13.4.